The third kappa shape index (κ3) is 6.42. The van der Waals surface area contributed by atoms with Crippen molar-refractivity contribution in [3.05, 3.63) is 58.3 Å². The lowest BCUT2D eigenvalue weighted by Gasteiger charge is -2.07. The van der Waals surface area contributed by atoms with Crippen molar-refractivity contribution in [2.24, 2.45) is 0 Å². The van der Waals surface area contributed by atoms with Crippen molar-refractivity contribution in [2.75, 3.05) is 14.2 Å². The van der Waals surface area contributed by atoms with E-state index in [1.54, 1.807) is 36.4 Å². The van der Waals surface area contributed by atoms with Crippen LogP contribution in [-0.2, 0) is 22.7 Å². The Morgan fingerprint density at radius 1 is 0.815 bits per heavy atom. The summed E-state index contributed by atoms with van der Waals surface area (Å²) in [5, 5.41) is 21.8. The van der Waals surface area contributed by atoms with Crippen LogP contribution in [0, 0.1) is 0 Å². The first-order valence-electron chi connectivity index (χ1n) is 7.61. The summed E-state index contributed by atoms with van der Waals surface area (Å²) in [6.45, 7) is 0. The molecule has 0 amide bonds. The van der Waals surface area contributed by atoms with E-state index in [9.17, 15) is 19.3 Å². The maximum atomic E-state index is 12.0. The highest BCUT2D eigenvalue weighted by atomic mass is 32.3. The molecule has 2 aromatic carbocycles. The van der Waals surface area contributed by atoms with E-state index in [1.165, 1.54) is 37.2 Å². The van der Waals surface area contributed by atoms with Crippen molar-refractivity contribution in [2.45, 2.75) is 0 Å². The molecule has 2 unspecified atom stereocenters. The number of methoxy groups -OCH3 is 2. The average Bonchev–Trinajstić information content (AvgIpc) is 2.66. The summed E-state index contributed by atoms with van der Waals surface area (Å²) in [6, 6.07) is 9.33. The first kappa shape index (κ1) is 21.0. The molecule has 7 nitrogen and oxygen atoms in total. The molecule has 0 aromatic heterocycles. The summed E-state index contributed by atoms with van der Waals surface area (Å²) in [5.74, 6) is 0.607. The Labute approximate surface area is 163 Å². The van der Waals surface area contributed by atoms with Crippen LogP contribution >= 0.6 is 0 Å². The third-order valence-corrected chi connectivity index (χ3v) is 5.42. The van der Waals surface area contributed by atoms with Gasteiger partial charge < -0.3 is 28.8 Å². The number of ether oxygens (including phenoxy) is 2. The van der Waals surface area contributed by atoms with E-state index in [0.717, 1.165) is 0 Å². The van der Waals surface area contributed by atoms with Crippen molar-refractivity contribution in [3.63, 3.8) is 0 Å². The first-order valence-corrected chi connectivity index (χ1v) is 10.0. The van der Waals surface area contributed by atoms with E-state index < -0.39 is 22.7 Å². The summed E-state index contributed by atoms with van der Waals surface area (Å²) >= 11 is -3.36. The highest BCUT2D eigenvalue weighted by Crippen LogP contribution is 2.27. The Bertz CT molecular complexity index is 760. The molecule has 2 aromatic rings. The van der Waals surface area contributed by atoms with Gasteiger partial charge in [0.05, 0.1) is 14.2 Å². The fourth-order valence-electron chi connectivity index (χ4n) is 2.01. The van der Waals surface area contributed by atoms with E-state index in [-0.39, 0.29) is 11.5 Å². The number of nitrogens with one attached hydrogen (secondary N) is 1. The van der Waals surface area contributed by atoms with Gasteiger partial charge in [-0.25, -0.2) is 0 Å². The number of hydrogen-bond acceptors (Lipinski definition) is 7. The summed E-state index contributed by atoms with van der Waals surface area (Å²) in [6.07, 6.45) is 3.10. The quantitative estimate of drug-likeness (QED) is 0.574. The number of rotatable bonds is 8. The van der Waals surface area contributed by atoms with Gasteiger partial charge in [-0.3, -0.25) is 0 Å². The van der Waals surface area contributed by atoms with Crippen LogP contribution < -0.4 is 13.6 Å². The van der Waals surface area contributed by atoms with Gasteiger partial charge in [-0.05, 0) is 47.5 Å². The Morgan fingerprint density at radius 2 is 1.22 bits per heavy atom. The molecule has 0 bridgehead atoms. The van der Waals surface area contributed by atoms with Crippen molar-refractivity contribution in [1.29, 1.82) is 0 Å². The molecule has 0 radical (unpaired) electrons. The van der Waals surface area contributed by atoms with Gasteiger partial charge in [0, 0.05) is 4.13 Å². The zero-order valence-electron chi connectivity index (χ0n) is 14.6. The summed E-state index contributed by atoms with van der Waals surface area (Å²) < 4.78 is 36.3. The summed E-state index contributed by atoms with van der Waals surface area (Å²) in [5.41, 5.74) is 1.33. The van der Waals surface area contributed by atoms with Crippen LogP contribution in [0.5, 0.6) is 23.0 Å². The monoisotopic (exact) mass is 409 g/mol. The molecule has 0 heterocycles. The highest BCUT2D eigenvalue weighted by molar-refractivity contribution is 8.07. The van der Waals surface area contributed by atoms with Crippen LogP contribution in [0.25, 0.3) is 12.2 Å². The largest absolute Gasteiger partial charge is 0.590 e. The van der Waals surface area contributed by atoms with E-state index in [2.05, 4.69) is 4.13 Å². The van der Waals surface area contributed by atoms with Gasteiger partial charge in [0.15, 0.2) is 23.0 Å². The molecule has 9 heteroatoms. The topological polar surface area (TPSA) is 117 Å². The molecule has 0 saturated carbocycles. The van der Waals surface area contributed by atoms with Gasteiger partial charge in [-0.15, -0.1) is 0 Å². The Kier molecular flexibility index (Phi) is 7.89. The first-order chi connectivity index (χ1) is 12.9. The molecular weight excluding hydrogens is 390 g/mol. The second-order valence-electron chi connectivity index (χ2n) is 5.15. The average molecular weight is 409 g/mol. The lowest BCUT2D eigenvalue weighted by molar-refractivity contribution is 0.373. The van der Waals surface area contributed by atoms with E-state index in [0.29, 0.717) is 22.6 Å². The van der Waals surface area contributed by atoms with E-state index in [4.69, 9.17) is 9.47 Å². The zero-order valence-corrected chi connectivity index (χ0v) is 16.3. The molecule has 0 saturated heterocycles. The number of phenols is 2. The van der Waals surface area contributed by atoms with Crippen LogP contribution in [0.2, 0.25) is 0 Å². The molecule has 27 heavy (non-hydrogen) atoms. The molecule has 2 rings (SSSR count). The van der Waals surface area contributed by atoms with Crippen molar-refractivity contribution >= 4 is 34.9 Å². The maximum absolute atomic E-state index is 12.0. The van der Waals surface area contributed by atoms with Crippen LogP contribution in [0.3, 0.4) is 0 Å². The Balaban J connectivity index is 1.94. The lowest BCUT2D eigenvalue weighted by Crippen LogP contribution is -2.27. The number of benzene rings is 2. The van der Waals surface area contributed by atoms with Gasteiger partial charge in [-0.2, -0.15) is 0 Å². The fourth-order valence-corrected chi connectivity index (χ4v) is 3.67. The predicted molar refractivity (Wildman–Crippen MR) is 107 cm³/mol. The lowest BCUT2D eigenvalue weighted by atomic mass is 10.2. The van der Waals surface area contributed by atoms with Gasteiger partial charge >= 0.3 is 0 Å². The molecular formula is C18H19NO6S2. The second-order valence-corrected chi connectivity index (χ2v) is 7.55. The molecule has 0 aliphatic rings. The van der Waals surface area contributed by atoms with Crippen molar-refractivity contribution in [3.8, 4) is 23.0 Å². The minimum absolute atomic E-state index is 0.00556. The normalized spacial score (nSPS) is 13.8. The van der Waals surface area contributed by atoms with Crippen LogP contribution in [0.15, 0.2) is 47.2 Å². The predicted octanol–water partition coefficient (Wildman–Crippen LogP) is 2.67. The minimum Gasteiger partial charge on any atom is -0.590 e. The van der Waals surface area contributed by atoms with Crippen molar-refractivity contribution in [1.82, 2.24) is 4.13 Å². The molecule has 0 aliphatic heterocycles. The highest BCUT2D eigenvalue weighted by Gasteiger charge is 2.12. The van der Waals surface area contributed by atoms with Gasteiger partial charge in [0.1, 0.15) is 33.5 Å². The maximum Gasteiger partial charge on any atom is 0.161 e. The molecule has 3 N–H and O–H groups in total. The number of phenolic OH excluding ortho intramolecular Hbond substituents is 2. The number of aromatic hydroxyl groups is 2. The zero-order chi connectivity index (χ0) is 19.8. The SMILES string of the molecule is COc1cc(/C=C/[S+]([O-])N[S+]([O-])/C=C/c2ccc(O)c(OC)c2)ccc1O. The van der Waals surface area contributed by atoms with Crippen molar-refractivity contribution < 1.29 is 28.8 Å². The van der Waals surface area contributed by atoms with Crippen LogP contribution in [0.4, 0.5) is 0 Å². The van der Waals surface area contributed by atoms with Gasteiger partial charge in [0.2, 0.25) is 0 Å². The van der Waals surface area contributed by atoms with Gasteiger partial charge in [0.25, 0.3) is 0 Å². The molecule has 0 spiro atoms. The summed E-state index contributed by atoms with van der Waals surface area (Å²) in [4.78, 5) is 0. The molecule has 0 fully saturated rings. The minimum atomic E-state index is -1.68. The Morgan fingerprint density at radius 3 is 1.59 bits per heavy atom. The third-order valence-electron chi connectivity index (χ3n) is 3.34. The number of hydrogen-bond donors (Lipinski definition) is 3. The van der Waals surface area contributed by atoms with E-state index >= 15 is 0 Å². The smallest absolute Gasteiger partial charge is 0.161 e. The second kappa shape index (κ2) is 10.1. The Hall–Kier alpha value is -2.30. The van der Waals surface area contributed by atoms with E-state index in [1.807, 2.05) is 0 Å². The molecule has 2 atom stereocenters. The molecule has 144 valence electrons. The standard InChI is InChI=1S/C18H19NO6S2/c1-24-17-11-13(3-5-15(17)20)7-9-26(22)19-27(23)10-8-14-4-6-16(21)18(12-14)25-2/h3-12,19-21H,1-2H3/b9-7+,10-8+. The summed E-state index contributed by atoms with van der Waals surface area (Å²) in [7, 11) is 2.86. The van der Waals surface area contributed by atoms with Crippen LogP contribution in [0.1, 0.15) is 11.1 Å². The molecule has 0 aliphatic carbocycles. The fraction of sp³-hybridized carbons (Fsp3) is 0.111. The van der Waals surface area contributed by atoms with Crippen LogP contribution in [-0.4, -0.2) is 33.5 Å². The van der Waals surface area contributed by atoms with Gasteiger partial charge in [-0.1, -0.05) is 12.1 Å².